The Balaban J connectivity index is 2.02. The highest BCUT2D eigenvalue weighted by atomic mass is 19.1. The summed E-state index contributed by atoms with van der Waals surface area (Å²) in [5.41, 5.74) is -0.258. The maximum absolute atomic E-state index is 13.2. The normalized spacial score (nSPS) is 10.9. The maximum atomic E-state index is 13.2. The molecule has 0 aromatic heterocycles. The molecular weight excluding hydrogens is 351 g/mol. The van der Waals surface area contributed by atoms with E-state index < -0.39 is 23.0 Å². The van der Waals surface area contributed by atoms with Gasteiger partial charge in [-0.1, -0.05) is 12.1 Å². The SMILES string of the molecule is COc1ccc(CNC(=O)C(C)(C)C(=O)Nc2cccc(F)c2)cc1OC. The van der Waals surface area contributed by atoms with E-state index in [-0.39, 0.29) is 6.54 Å². The number of rotatable bonds is 7. The van der Waals surface area contributed by atoms with E-state index >= 15 is 0 Å². The number of anilines is 1. The van der Waals surface area contributed by atoms with Crippen molar-refractivity contribution in [1.82, 2.24) is 5.32 Å². The summed E-state index contributed by atoms with van der Waals surface area (Å²) in [7, 11) is 3.07. The zero-order valence-electron chi connectivity index (χ0n) is 15.8. The Morgan fingerprint density at radius 3 is 2.33 bits per heavy atom. The third-order valence-corrected chi connectivity index (χ3v) is 4.12. The second kappa shape index (κ2) is 8.53. The summed E-state index contributed by atoms with van der Waals surface area (Å²) in [6, 6.07) is 10.8. The molecule has 0 bridgehead atoms. The van der Waals surface area contributed by atoms with Crippen molar-refractivity contribution in [2.24, 2.45) is 5.41 Å². The van der Waals surface area contributed by atoms with Gasteiger partial charge in [-0.3, -0.25) is 9.59 Å². The molecule has 0 atom stereocenters. The number of benzene rings is 2. The first kappa shape index (κ1) is 20.2. The summed E-state index contributed by atoms with van der Waals surface area (Å²) in [5.74, 6) is -0.317. The van der Waals surface area contributed by atoms with Gasteiger partial charge in [0.2, 0.25) is 11.8 Å². The van der Waals surface area contributed by atoms with Gasteiger partial charge in [0, 0.05) is 12.2 Å². The van der Waals surface area contributed by atoms with E-state index in [2.05, 4.69) is 10.6 Å². The van der Waals surface area contributed by atoms with Crippen molar-refractivity contribution < 1.29 is 23.5 Å². The standard InChI is InChI=1S/C20H23FN2O4/c1-20(2,19(25)23-15-7-5-6-14(21)11-15)18(24)22-12-13-8-9-16(26-3)17(10-13)27-4/h5-11H,12H2,1-4H3,(H,22,24)(H,23,25). The second-order valence-corrected chi connectivity index (χ2v) is 6.46. The smallest absolute Gasteiger partial charge is 0.239 e. The fourth-order valence-electron chi connectivity index (χ4n) is 2.35. The van der Waals surface area contributed by atoms with Crippen molar-refractivity contribution >= 4 is 17.5 Å². The van der Waals surface area contributed by atoms with Gasteiger partial charge in [-0.15, -0.1) is 0 Å². The van der Waals surface area contributed by atoms with E-state index in [0.29, 0.717) is 17.2 Å². The van der Waals surface area contributed by atoms with Gasteiger partial charge in [0.1, 0.15) is 11.2 Å². The molecule has 6 nitrogen and oxygen atoms in total. The van der Waals surface area contributed by atoms with Gasteiger partial charge in [0.15, 0.2) is 11.5 Å². The van der Waals surface area contributed by atoms with E-state index in [1.54, 1.807) is 31.4 Å². The van der Waals surface area contributed by atoms with Crippen molar-refractivity contribution in [2.45, 2.75) is 20.4 Å². The van der Waals surface area contributed by atoms with Gasteiger partial charge in [0.25, 0.3) is 0 Å². The van der Waals surface area contributed by atoms with Crippen LogP contribution in [0.1, 0.15) is 19.4 Å². The summed E-state index contributed by atoms with van der Waals surface area (Å²) < 4.78 is 23.7. The van der Waals surface area contributed by atoms with Crippen molar-refractivity contribution in [3.05, 3.63) is 53.8 Å². The predicted octanol–water partition coefficient (Wildman–Crippen LogP) is 3.12. The average Bonchev–Trinajstić information content (AvgIpc) is 2.65. The Labute approximate surface area is 157 Å². The second-order valence-electron chi connectivity index (χ2n) is 6.46. The Bertz CT molecular complexity index is 836. The lowest BCUT2D eigenvalue weighted by molar-refractivity contribution is -0.138. The number of nitrogens with one attached hydrogen (secondary N) is 2. The molecule has 2 rings (SSSR count). The molecule has 27 heavy (non-hydrogen) atoms. The van der Waals surface area contributed by atoms with Crippen molar-refractivity contribution in [2.75, 3.05) is 19.5 Å². The van der Waals surface area contributed by atoms with Crippen molar-refractivity contribution in [3.8, 4) is 11.5 Å². The minimum absolute atomic E-state index is 0.218. The molecule has 0 fully saturated rings. The maximum Gasteiger partial charge on any atom is 0.239 e. The van der Waals surface area contributed by atoms with Crippen molar-refractivity contribution in [3.63, 3.8) is 0 Å². The number of hydrogen-bond donors (Lipinski definition) is 2. The fraction of sp³-hybridized carbons (Fsp3) is 0.300. The Kier molecular flexibility index (Phi) is 6.39. The molecule has 0 aliphatic carbocycles. The fourth-order valence-corrected chi connectivity index (χ4v) is 2.35. The van der Waals surface area contributed by atoms with E-state index in [0.717, 1.165) is 5.56 Å². The number of hydrogen-bond acceptors (Lipinski definition) is 4. The average molecular weight is 374 g/mol. The zero-order chi connectivity index (χ0) is 20.0. The van der Waals surface area contributed by atoms with Gasteiger partial charge >= 0.3 is 0 Å². The first-order valence-corrected chi connectivity index (χ1v) is 8.34. The highest BCUT2D eigenvalue weighted by Crippen LogP contribution is 2.27. The Morgan fingerprint density at radius 1 is 1.00 bits per heavy atom. The monoisotopic (exact) mass is 374 g/mol. The highest BCUT2D eigenvalue weighted by molar-refractivity contribution is 6.09. The largest absolute Gasteiger partial charge is 0.493 e. The lowest BCUT2D eigenvalue weighted by Crippen LogP contribution is -2.44. The van der Waals surface area contributed by atoms with E-state index in [9.17, 15) is 14.0 Å². The first-order valence-electron chi connectivity index (χ1n) is 8.34. The van der Waals surface area contributed by atoms with Crippen LogP contribution >= 0.6 is 0 Å². The van der Waals surface area contributed by atoms with Crippen LogP contribution in [0, 0.1) is 11.2 Å². The zero-order valence-corrected chi connectivity index (χ0v) is 15.8. The summed E-state index contributed by atoms with van der Waals surface area (Å²) in [6.07, 6.45) is 0. The molecular formula is C20H23FN2O4. The van der Waals surface area contributed by atoms with Crippen LogP contribution in [0.2, 0.25) is 0 Å². The molecule has 7 heteroatoms. The molecule has 0 aliphatic rings. The third-order valence-electron chi connectivity index (χ3n) is 4.12. The molecule has 0 heterocycles. The number of halogens is 1. The number of amides is 2. The summed E-state index contributed by atoms with van der Waals surface area (Å²) >= 11 is 0. The van der Waals surface area contributed by atoms with Crippen LogP contribution in [-0.4, -0.2) is 26.0 Å². The number of carbonyl (C=O) groups is 2. The van der Waals surface area contributed by atoms with Gasteiger partial charge in [-0.2, -0.15) is 0 Å². The predicted molar refractivity (Wildman–Crippen MR) is 100 cm³/mol. The number of methoxy groups -OCH3 is 2. The van der Waals surface area contributed by atoms with Crippen LogP contribution in [0.3, 0.4) is 0 Å². The first-order chi connectivity index (χ1) is 12.8. The number of ether oxygens (including phenoxy) is 2. The summed E-state index contributed by atoms with van der Waals surface area (Å²) in [4.78, 5) is 25.0. The van der Waals surface area contributed by atoms with Crippen LogP contribution in [-0.2, 0) is 16.1 Å². The molecule has 0 unspecified atom stereocenters. The van der Waals surface area contributed by atoms with Crippen molar-refractivity contribution in [1.29, 1.82) is 0 Å². The van der Waals surface area contributed by atoms with E-state index in [1.807, 2.05) is 0 Å². The van der Waals surface area contributed by atoms with Crippen LogP contribution < -0.4 is 20.1 Å². The molecule has 0 spiro atoms. The summed E-state index contributed by atoms with van der Waals surface area (Å²) in [5, 5.41) is 5.29. The Morgan fingerprint density at radius 2 is 1.70 bits per heavy atom. The van der Waals surface area contributed by atoms with Gasteiger partial charge in [-0.05, 0) is 49.7 Å². The topological polar surface area (TPSA) is 76.7 Å². The van der Waals surface area contributed by atoms with Gasteiger partial charge in [-0.25, -0.2) is 4.39 Å². The third kappa shape index (κ3) is 4.97. The Hall–Kier alpha value is -3.09. The van der Waals surface area contributed by atoms with Gasteiger partial charge < -0.3 is 20.1 Å². The molecule has 0 radical (unpaired) electrons. The minimum Gasteiger partial charge on any atom is -0.493 e. The highest BCUT2D eigenvalue weighted by Gasteiger charge is 2.36. The molecule has 2 aromatic rings. The molecule has 0 saturated carbocycles. The van der Waals surface area contributed by atoms with Crippen LogP contribution in [0.4, 0.5) is 10.1 Å². The van der Waals surface area contributed by atoms with Crippen LogP contribution in [0.25, 0.3) is 0 Å². The van der Waals surface area contributed by atoms with E-state index in [4.69, 9.17) is 9.47 Å². The van der Waals surface area contributed by atoms with E-state index in [1.165, 1.54) is 39.2 Å². The molecule has 2 N–H and O–H groups in total. The van der Waals surface area contributed by atoms with Gasteiger partial charge in [0.05, 0.1) is 14.2 Å². The van der Waals surface area contributed by atoms with Crippen LogP contribution in [0.15, 0.2) is 42.5 Å². The quantitative estimate of drug-likeness (QED) is 0.730. The lowest BCUT2D eigenvalue weighted by atomic mass is 9.90. The number of carbonyl (C=O) groups excluding carboxylic acids is 2. The molecule has 2 aromatic carbocycles. The molecule has 0 saturated heterocycles. The molecule has 144 valence electrons. The minimum atomic E-state index is -1.34. The summed E-state index contributed by atoms with van der Waals surface area (Å²) in [6.45, 7) is 3.23. The molecule has 0 aliphatic heterocycles. The molecule has 2 amide bonds. The lowest BCUT2D eigenvalue weighted by Gasteiger charge is -2.23. The van der Waals surface area contributed by atoms with Crippen LogP contribution in [0.5, 0.6) is 11.5 Å².